The fourth-order valence-electron chi connectivity index (χ4n) is 2.11. The largest absolute Gasteiger partial charge is 0.478 e. The molecule has 5 heteroatoms. The number of carbonyl (C=O) groups is 1. The van der Waals surface area contributed by atoms with E-state index in [1.165, 1.54) is 0 Å². The third-order valence-electron chi connectivity index (χ3n) is 2.89. The Bertz CT molecular complexity index is 575. The van der Waals surface area contributed by atoms with E-state index >= 15 is 0 Å². The van der Waals surface area contributed by atoms with E-state index in [9.17, 15) is 4.79 Å². The molecule has 0 aliphatic rings. The first-order valence-corrected chi connectivity index (χ1v) is 6.10. The van der Waals surface area contributed by atoms with Crippen LogP contribution in [0.1, 0.15) is 29.5 Å². The zero-order valence-corrected chi connectivity index (χ0v) is 10.4. The van der Waals surface area contributed by atoms with Crippen LogP contribution in [0.15, 0.2) is 18.2 Å². The number of aromatic carboxylic acids is 1. The molecule has 1 heterocycles. The number of benzene rings is 1. The van der Waals surface area contributed by atoms with Crippen molar-refractivity contribution in [2.24, 2.45) is 5.73 Å². The van der Waals surface area contributed by atoms with Crippen LogP contribution >= 0.6 is 0 Å². The van der Waals surface area contributed by atoms with E-state index < -0.39 is 5.97 Å². The van der Waals surface area contributed by atoms with Gasteiger partial charge in [0, 0.05) is 13.0 Å². The Kier molecular flexibility index (Phi) is 3.62. The summed E-state index contributed by atoms with van der Waals surface area (Å²) in [5.74, 6) is -0.000736. The zero-order chi connectivity index (χ0) is 13.1. The van der Waals surface area contributed by atoms with Gasteiger partial charge in [-0.3, -0.25) is 0 Å². The molecule has 5 nitrogen and oxygen atoms in total. The van der Waals surface area contributed by atoms with E-state index in [0.29, 0.717) is 13.0 Å². The van der Waals surface area contributed by atoms with Gasteiger partial charge in [0.15, 0.2) is 0 Å². The van der Waals surface area contributed by atoms with Gasteiger partial charge in [0.25, 0.3) is 0 Å². The summed E-state index contributed by atoms with van der Waals surface area (Å²) in [7, 11) is 0. The van der Waals surface area contributed by atoms with Crippen molar-refractivity contribution in [3.63, 3.8) is 0 Å². The highest BCUT2D eigenvalue weighted by Gasteiger charge is 2.12. The van der Waals surface area contributed by atoms with Crippen molar-refractivity contribution in [1.82, 2.24) is 9.55 Å². The summed E-state index contributed by atoms with van der Waals surface area (Å²) in [4.78, 5) is 15.4. The standard InChI is InChI=1S/C13H17N3O2/c1-2-7-16-11-4-3-9(13(17)18)8-10(11)15-12(16)5-6-14/h3-4,8H,2,5-7,14H2,1H3,(H,17,18). The van der Waals surface area contributed by atoms with Crippen LogP contribution < -0.4 is 5.73 Å². The van der Waals surface area contributed by atoms with Crippen molar-refractivity contribution < 1.29 is 9.90 Å². The minimum absolute atomic E-state index is 0.267. The van der Waals surface area contributed by atoms with Gasteiger partial charge < -0.3 is 15.4 Å². The van der Waals surface area contributed by atoms with Gasteiger partial charge in [0.2, 0.25) is 0 Å². The maximum Gasteiger partial charge on any atom is 0.335 e. The average Bonchev–Trinajstić information content (AvgIpc) is 2.68. The number of imidazole rings is 1. The van der Waals surface area contributed by atoms with Crippen LogP contribution in [-0.4, -0.2) is 27.2 Å². The minimum Gasteiger partial charge on any atom is -0.478 e. The fraction of sp³-hybridized carbons (Fsp3) is 0.385. The van der Waals surface area contributed by atoms with Gasteiger partial charge in [-0.2, -0.15) is 0 Å². The first kappa shape index (κ1) is 12.6. The second-order valence-corrected chi connectivity index (χ2v) is 4.23. The van der Waals surface area contributed by atoms with E-state index in [2.05, 4.69) is 16.5 Å². The molecular weight excluding hydrogens is 230 g/mol. The predicted molar refractivity (Wildman–Crippen MR) is 69.7 cm³/mol. The molecule has 0 unspecified atom stereocenters. The summed E-state index contributed by atoms with van der Waals surface area (Å²) in [5.41, 5.74) is 7.55. The van der Waals surface area contributed by atoms with Crippen LogP contribution in [0, 0.1) is 0 Å². The van der Waals surface area contributed by atoms with Crippen LogP contribution in [0.4, 0.5) is 0 Å². The first-order valence-electron chi connectivity index (χ1n) is 6.10. The van der Waals surface area contributed by atoms with Crippen LogP contribution in [0.2, 0.25) is 0 Å². The van der Waals surface area contributed by atoms with Gasteiger partial charge >= 0.3 is 5.97 Å². The number of carboxylic acid groups (broad SMARTS) is 1. The quantitative estimate of drug-likeness (QED) is 0.841. The normalized spacial score (nSPS) is 11.0. The number of fused-ring (bicyclic) bond motifs is 1. The molecule has 0 radical (unpaired) electrons. The minimum atomic E-state index is -0.928. The van der Waals surface area contributed by atoms with Gasteiger partial charge in [-0.05, 0) is 31.2 Å². The molecule has 0 saturated heterocycles. The summed E-state index contributed by atoms with van der Waals surface area (Å²) >= 11 is 0. The SMILES string of the molecule is CCCn1c(CCN)nc2cc(C(=O)O)ccc21. The number of hydrogen-bond acceptors (Lipinski definition) is 3. The summed E-state index contributed by atoms with van der Waals surface area (Å²) in [5, 5.41) is 8.97. The number of rotatable bonds is 5. The van der Waals surface area contributed by atoms with Crippen molar-refractivity contribution in [2.45, 2.75) is 26.3 Å². The average molecular weight is 247 g/mol. The summed E-state index contributed by atoms with van der Waals surface area (Å²) in [6.45, 7) is 3.51. The van der Waals surface area contributed by atoms with Crippen molar-refractivity contribution in [3.8, 4) is 0 Å². The highest BCUT2D eigenvalue weighted by molar-refractivity contribution is 5.92. The fourth-order valence-corrected chi connectivity index (χ4v) is 2.11. The zero-order valence-electron chi connectivity index (χ0n) is 10.4. The number of aromatic nitrogens is 2. The van der Waals surface area contributed by atoms with Gasteiger partial charge in [-0.1, -0.05) is 6.92 Å². The van der Waals surface area contributed by atoms with Crippen molar-refractivity contribution >= 4 is 17.0 Å². The van der Waals surface area contributed by atoms with E-state index in [0.717, 1.165) is 29.8 Å². The van der Waals surface area contributed by atoms with Crippen LogP contribution in [0.25, 0.3) is 11.0 Å². The topological polar surface area (TPSA) is 81.1 Å². The third-order valence-corrected chi connectivity index (χ3v) is 2.89. The molecule has 0 spiro atoms. The van der Waals surface area contributed by atoms with E-state index in [1.807, 2.05) is 6.07 Å². The molecule has 0 atom stereocenters. The van der Waals surface area contributed by atoms with Crippen LogP contribution in [0.5, 0.6) is 0 Å². The molecule has 1 aromatic carbocycles. The number of nitrogens with two attached hydrogens (primary N) is 1. The number of nitrogens with zero attached hydrogens (tertiary/aromatic N) is 2. The molecule has 0 bridgehead atoms. The molecule has 3 N–H and O–H groups in total. The lowest BCUT2D eigenvalue weighted by Gasteiger charge is -2.06. The Morgan fingerprint density at radius 3 is 2.89 bits per heavy atom. The Morgan fingerprint density at radius 2 is 2.28 bits per heavy atom. The van der Waals surface area contributed by atoms with Crippen LogP contribution in [0.3, 0.4) is 0 Å². The predicted octanol–water partition coefficient (Wildman–Crippen LogP) is 1.65. The lowest BCUT2D eigenvalue weighted by molar-refractivity contribution is 0.0697. The molecule has 0 amide bonds. The molecular formula is C13H17N3O2. The lowest BCUT2D eigenvalue weighted by atomic mass is 10.2. The van der Waals surface area contributed by atoms with Crippen molar-refractivity contribution in [2.75, 3.05) is 6.54 Å². The number of carboxylic acids is 1. The first-order chi connectivity index (χ1) is 8.67. The highest BCUT2D eigenvalue weighted by atomic mass is 16.4. The van der Waals surface area contributed by atoms with Gasteiger partial charge in [0.1, 0.15) is 5.82 Å². The Labute approximate surface area is 105 Å². The molecule has 2 aromatic rings. The second-order valence-electron chi connectivity index (χ2n) is 4.23. The van der Waals surface area contributed by atoms with Crippen LogP contribution in [-0.2, 0) is 13.0 Å². The van der Waals surface area contributed by atoms with E-state index in [-0.39, 0.29) is 5.56 Å². The molecule has 0 aliphatic heterocycles. The molecule has 2 rings (SSSR count). The highest BCUT2D eigenvalue weighted by Crippen LogP contribution is 2.19. The molecule has 1 aromatic heterocycles. The lowest BCUT2D eigenvalue weighted by Crippen LogP contribution is -2.10. The van der Waals surface area contributed by atoms with Crippen molar-refractivity contribution in [1.29, 1.82) is 0 Å². The van der Waals surface area contributed by atoms with E-state index in [4.69, 9.17) is 10.8 Å². The van der Waals surface area contributed by atoms with Gasteiger partial charge in [-0.25, -0.2) is 9.78 Å². The number of aryl methyl sites for hydroxylation is 1. The third kappa shape index (κ3) is 2.22. The smallest absolute Gasteiger partial charge is 0.335 e. The Morgan fingerprint density at radius 1 is 1.50 bits per heavy atom. The summed E-state index contributed by atoms with van der Waals surface area (Å²) in [6, 6.07) is 5.05. The molecule has 96 valence electrons. The molecule has 18 heavy (non-hydrogen) atoms. The summed E-state index contributed by atoms with van der Waals surface area (Å²) < 4.78 is 2.12. The second kappa shape index (κ2) is 5.18. The molecule has 0 fully saturated rings. The van der Waals surface area contributed by atoms with E-state index in [1.54, 1.807) is 12.1 Å². The summed E-state index contributed by atoms with van der Waals surface area (Å²) in [6.07, 6.45) is 1.71. The van der Waals surface area contributed by atoms with Crippen molar-refractivity contribution in [3.05, 3.63) is 29.6 Å². The van der Waals surface area contributed by atoms with Gasteiger partial charge in [-0.15, -0.1) is 0 Å². The number of hydrogen-bond donors (Lipinski definition) is 2. The maximum absolute atomic E-state index is 10.9. The Balaban J connectivity index is 2.56. The molecule has 0 aliphatic carbocycles. The van der Waals surface area contributed by atoms with Gasteiger partial charge in [0.05, 0.1) is 16.6 Å². The molecule has 0 saturated carbocycles. The monoisotopic (exact) mass is 247 g/mol. The Hall–Kier alpha value is -1.88. The maximum atomic E-state index is 10.9.